The van der Waals surface area contributed by atoms with Crippen molar-refractivity contribution in [1.29, 1.82) is 0 Å². The lowest BCUT2D eigenvalue weighted by atomic mass is 9.66. The zero-order chi connectivity index (χ0) is 40.2. The van der Waals surface area contributed by atoms with Crippen molar-refractivity contribution in [2.45, 2.75) is 24.2 Å². The van der Waals surface area contributed by atoms with E-state index in [0.717, 1.165) is 55.4 Å². The number of pyridine rings is 1. The smallest absolute Gasteiger partial charge is 0.164 e. The van der Waals surface area contributed by atoms with Gasteiger partial charge in [-0.3, -0.25) is 4.98 Å². The molecule has 0 amide bonds. The normalized spacial score (nSPS) is 16.6. The Labute approximate surface area is 354 Å². The highest BCUT2D eigenvalue weighted by molar-refractivity contribution is 8.03. The monoisotopic (exact) mass is 786 g/mol. The Morgan fingerprint density at radius 2 is 0.967 bits per heavy atom. The van der Waals surface area contributed by atoms with E-state index in [1.165, 1.54) is 37.6 Å². The summed E-state index contributed by atoms with van der Waals surface area (Å²) in [7, 11) is 0. The lowest BCUT2D eigenvalue weighted by Crippen LogP contribution is -2.33. The molecule has 4 nitrogen and oxygen atoms in total. The number of nitrogens with zero attached hydrogens (tertiary/aromatic N) is 4. The zero-order valence-corrected chi connectivity index (χ0v) is 34.0. The molecule has 0 fully saturated rings. The number of hydrogen-bond donors (Lipinski definition) is 0. The van der Waals surface area contributed by atoms with Crippen LogP contribution < -0.4 is 0 Å². The Bertz CT molecular complexity index is 3130. The predicted octanol–water partition coefficient (Wildman–Crippen LogP) is 14.0. The van der Waals surface area contributed by atoms with Crippen molar-refractivity contribution in [1.82, 2.24) is 19.9 Å². The number of para-hydroxylation sites is 1. The molecule has 1 aliphatic heterocycles. The summed E-state index contributed by atoms with van der Waals surface area (Å²) >= 11 is 1.86. The van der Waals surface area contributed by atoms with Gasteiger partial charge in [-0.25, -0.2) is 15.0 Å². The Morgan fingerprint density at radius 3 is 1.63 bits per heavy atom. The second-order valence-corrected chi connectivity index (χ2v) is 16.2. The molecule has 1 spiro atoms. The van der Waals surface area contributed by atoms with Crippen molar-refractivity contribution in [3.05, 3.63) is 221 Å². The SMILES string of the molecule is C/C=C1\C(=C/C)Sc2ccccc2C12c1cccc(-c3ccc(-c4cccc5cccnc45)cc3)c1-c1c(-c3nc(-c4ccccc4)nc(-c4ccccc4)n3)cccc12. The second-order valence-electron chi connectivity index (χ2n) is 15.2. The zero-order valence-electron chi connectivity index (χ0n) is 33.2. The van der Waals surface area contributed by atoms with E-state index in [4.69, 9.17) is 19.9 Å². The van der Waals surface area contributed by atoms with Crippen LogP contribution in [0.2, 0.25) is 0 Å². The number of thioether (sulfide) groups is 1. The number of aromatic nitrogens is 4. The number of benzene rings is 7. The van der Waals surface area contributed by atoms with Crippen molar-refractivity contribution in [3.63, 3.8) is 0 Å². The first-order valence-corrected chi connectivity index (χ1v) is 21.2. The van der Waals surface area contributed by atoms with Crippen LogP contribution in [-0.2, 0) is 5.41 Å². The van der Waals surface area contributed by atoms with Crippen LogP contribution in [0.25, 0.3) is 78.4 Å². The van der Waals surface area contributed by atoms with Crippen molar-refractivity contribution in [2.24, 2.45) is 0 Å². The molecule has 11 rings (SSSR count). The highest BCUT2D eigenvalue weighted by atomic mass is 32.2. The lowest BCUT2D eigenvalue weighted by molar-refractivity contribution is 0.736. The number of rotatable bonds is 5. The number of allylic oxidation sites excluding steroid dienone is 3. The Kier molecular flexibility index (Phi) is 8.72. The van der Waals surface area contributed by atoms with Crippen LogP contribution in [0.1, 0.15) is 30.5 Å². The molecule has 1 atom stereocenters. The summed E-state index contributed by atoms with van der Waals surface area (Å²) in [6.45, 7) is 4.34. The summed E-state index contributed by atoms with van der Waals surface area (Å²) < 4.78 is 0. The molecule has 0 N–H and O–H groups in total. The van der Waals surface area contributed by atoms with Crippen LogP contribution in [0.3, 0.4) is 0 Å². The molecule has 1 unspecified atom stereocenters. The lowest BCUT2D eigenvalue weighted by Gasteiger charge is -2.41. The molecule has 60 heavy (non-hydrogen) atoms. The molecule has 0 saturated heterocycles. The van der Waals surface area contributed by atoms with E-state index in [-0.39, 0.29) is 0 Å². The average molecular weight is 787 g/mol. The van der Waals surface area contributed by atoms with E-state index in [2.05, 4.69) is 159 Å². The fourth-order valence-corrected chi connectivity index (χ4v) is 10.7. The Balaban J connectivity index is 1.21. The van der Waals surface area contributed by atoms with E-state index < -0.39 is 5.41 Å². The summed E-state index contributed by atoms with van der Waals surface area (Å²) in [5.41, 5.74) is 15.2. The van der Waals surface area contributed by atoms with Gasteiger partial charge in [0.2, 0.25) is 0 Å². The minimum atomic E-state index is -0.582. The van der Waals surface area contributed by atoms with Crippen molar-refractivity contribution in [2.75, 3.05) is 0 Å². The fraction of sp³-hybridized carbons (Fsp3) is 0.0545. The number of hydrogen-bond acceptors (Lipinski definition) is 5. The van der Waals surface area contributed by atoms with Gasteiger partial charge in [-0.1, -0.05) is 188 Å². The van der Waals surface area contributed by atoms with E-state index in [9.17, 15) is 0 Å². The van der Waals surface area contributed by atoms with Crippen LogP contribution in [0.5, 0.6) is 0 Å². The maximum Gasteiger partial charge on any atom is 0.164 e. The molecule has 9 aromatic rings. The summed E-state index contributed by atoms with van der Waals surface area (Å²) in [6.07, 6.45) is 6.47. The van der Waals surface area contributed by atoms with E-state index in [0.29, 0.717) is 17.5 Å². The predicted molar refractivity (Wildman–Crippen MR) is 247 cm³/mol. The van der Waals surface area contributed by atoms with Crippen LogP contribution >= 0.6 is 11.8 Å². The molecular formula is C55H38N4S. The molecule has 2 aliphatic rings. The molecule has 2 aromatic heterocycles. The first-order chi connectivity index (χ1) is 29.7. The summed E-state index contributed by atoms with van der Waals surface area (Å²) in [6, 6.07) is 62.5. The molecule has 0 bridgehead atoms. The van der Waals surface area contributed by atoms with Gasteiger partial charge in [-0.2, -0.15) is 0 Å². The molecule has 3 heterocycles. The van der Waals surface area contributed by atoms with Gasteiger partial charge in [-0.05, 0) is 76.1 Å². The van der Waals surface area contributed by atoms with Gasteiger partial charge >= 0.3 is 0 Å². The molecule has 0 radical (unpaired) electrons. The molecule has 7 aromatic carbocycles. The van der Waals surface area contributed by atoms with Gasteiger partial charge in [0.15, 0.2) is 17.5 Å². The minimum absolute atomic E-state index is 0.582. The molecule has 284 valence electrons. The average Bonchev–Trinajstić information content (AvgIpc) is 3.62. The molecule has 1 aliphatic carbocycles. The third-order valence-corrected chi connectivity index (χ3v) is 13.2. The summed E-state index contributed by atoms with van der Waals surface area (Å²) in [5, 5.41) is 1.13. The molecule has 0 saturated carbocycles. The van der Waals surface area contributed by atoms with Gasteiger partial charge < -0.3 is 0 Å². The van der Waals surface area contributed by atoms with Crippen LogP contribution in [0, 0.1) is 0 Å². The maximum atomic E-state index is 5.31. The topological polar surface area (TPSA) is 51.6 Å². The quantitative estimate of drug-likeness (QED) is 0.174. The van der Waals surface area contributed by atoms with Gasteiger partial charge in [-0.15, -0.1) is 0 Å². The van der Waals surface area contributed by atoms with Gasteiger partial charge in [0, 0.05) is 43.6 Å². The van der Waals surface area contributed by atoms with Gasteiger partial charge in [0.05, 0.1) is 10.9 Å². The summed E-state index contributed by atoms with van der Waals surface area (Å²) in [4.78, 5) is 23.0. The first-order valence-electron chi connectivity index (χ1n) is 20.4. The van der Waals surface area contributed by atoms with Crippen LogP contribution in [0.4, 0.5) is 0 Å². The van der Waals surface area contributed by atoms with E-state index >= 15 is 0 Å². The van der Waals surface area contributed by atoms with Crippen LogP contribution in [0.15, 0.2) is 210 Å². The van der Waals surface area contributed by atoms with Crippen molar-refractivity contribution < 1.29 is 0 Å². The number of fused-ring (bicyclic) bond motifs is 8. The first kappa shape index (κ1) is 35.9. The largest absolute Gasteiger partial charge is 0.256 e. The van der Waals surface area contributed by atoms with E-state index in [1.54, 1.807) is 0 Å². The van der Waals surface area contributed by atoms with Crippen molar-refractivity contribution >= 4 is 22.7 Å². The fourth-order valence-electron chi connectivity index (χ4n) is 9.46. The van der Waals surface area contributed by atoms with Gasteiger partial charge in [0.25, 0.3) is 0 Å². The standard InChI is InChI=1S/C55H38N4S/c1-3-43-47(4-2)60-48-29-12-11-26-44(48)55(43)45-27-14-23-40(35-30-32-36(33-31-35)41-24-13-21-37-22-16-34-56-51(37)41)49(45)50-42(25-15-28-46(50)55)54-58-52(38-17-7-5-8-18-38)57-53(59-54)39-19-9-6-10-20-39/h3-34H,1-2H3/b43-3+,47-4+. The van der Waals surface area contributed by atoms with Gasteiger partial charge in [0.1, 0.15) is 0 Å². The highest BCUT2D eigenvalue weighted by Gasteiger charge is 2.52. The van der Waals surface area contributed by atoms with E-state index in [1.807, 2.05) is 60.4 Å². The Hall–Kier alpha value is -7.21. The highest BCUT2D eigenvalue weighted by Crippen LogP contribution is 2.65. The summed E-state index contributed by atoms with van der Waals surface area (Å²) in [5.74, 6) is 1.92. The molecular weight excluding hydrogens is 749 g/mol. The third kappa shape index (κ3) is 5.54. The molecule has 5 heteroatoms. The Morgan fingerprint density at radius 1 is 0.433 bits per heavy atom. The van der Waals surface area contributed by atoms with Crippen molar-refractivity contribution in [3.8, 4) is 67.5 Å². The maximum absolute atomic E-state index is 5.31. The second kappa shape index (κ2) is 14.6. The van der Waals surface area contributed by atoms with Crippen LogP contribution in [-0.4, -0.2) is 19.9 Å². The minimum Gasteiger partial charge on any atom is -0.256 e. The third-order valence-electron chi connectivity index (χ3n) is 12.0.